The van der Waals surface area contributed by atoms with Crippen LogP contribution >= 0.6 is 0 Å². The second-order valence-corrected chi connectivity index (χ2v) is 37.2. The maximum atomic E-state index is 3.47. The first kappa shape index (κ1) is 61.1. The van der Waals surface area contributed by atoms with Crippen LogP contribution in [0.5, 0.6) is 0 Å². The Morgan fingerprint density at radius 1 is 0.176 bits per heavy atom. The largest absolute Gasteiger partial charge is 0.294 e. The fraction of sp³-hybridized carbons (Fsp3) is 1.00. The molecule has 0 bridgehead atoms. The smallest absolute Gasteiger partial charge is 0.0104 e. The van der Waals surface area contributed by atoms with Crippen LogP contribution in [0.15, 0.2) is 0 Å². The van der Waals surface area contributed by atoms with Gasteiger partial charge in [-0.3, -0.25) is 9.80 Å². The zero-order valence-electron chi connectivity index (χ0n) is 56.6. The monoisotopic (exact) mass is 1170 g/mol. The van der Waals surface area contributed by atoms with E-state index < -0.39 is 0 Å². The number of fused-ring (bicyclic) bond motifs is 5. The maximum absolute atomic E-state index is 3.47. The molecule has 15 aliphatic carbocycles. The molecule has 0 aromatic heterocycles. The van der Waals surface area contributed by atoms with Gasteiger partial charge >= 0.3 is 0 Å². The van der Waals surface area contributed by atoms with Crippen molar-refractivity contribution in [3.05, 3.63) is 0 Å². The summed E-state index contributed by atoms with van der Waals surface area (Å²) in [6, 6.07) is 5.33. The van der Waals surface area contributed by atoms with Crippen molar-refractivity contribution in [2.24, 2.45) is 124 Å². The lowest BCUT2D eigenvalue weighted by Gasteiger charge is -2.53. The van der Waals surface area contributed by atoms with Crippen molar-refractivity contribution in [3.8, 4) is 0 Å². The molecule has 0 spiro atoms. The molecular weight excluding hydrogens is 1020 g/mol. The topological polar surface area (TPSA) is 6.48 Å². The first-order chi connectivity index (χ1) is 41.9. The van der Waals surface area contributed by atoms with Crippen molar-refractivity contribution in [2.45, 2.75) is 397 Å². The van der Waals surface area contributed by atoms with Gasteiger partial charge in [-0.25, -0.2) is 0 Å². The average molecular weight is 1170 g/mol. The summed E-state index contributed by atoms with van der Waals surface area (Å²) in [6.45, 7) is 5.84. The normalized spacial score (nSPS) is 48.8. The van der Waals surface area contributed by atoms with Gasteiger partial charge in [0, 0.05) is 36.3 Å². The average Bonchev–Trinajstić information content (AvgIpc) is 2.70. The van der Waals surface area contributed by atoms with Crippen molar-refractivity contribution in [3.63, 3.8) is 0 Å². The number of hydrogen-bond donors (Lipinski definition) is 0. The molecule has 12 unspecified atom stereocenters. The Labute approximate surface area is 527 Å². The summed E-state index contributed by atoms with van der Waals surface area (Å²) in [5.74, 6) is 21.4. The van der Waals surface area contributed by atoms with Gasteiger partial charge in [0.05, 0.1) is 0 Å². The van der Waals surface area contributed by atoms with Gasteiger partial charge in [-0.2, -0.15) is 0 Å². The molecular formula is C83H140N2. The highest BCUT2D eigenvalue weighted by Gasteiger charge is 2.60. The standard InChI is InChI=1S/C83H140N2/c1-83(2)81-55-73(84(69-43-35-61(36-44-69)57-15-5-3-6-16-57)71-47-39-63(40-48-71)59-27-31-67(32-28-59)77-25-13-21-65-19-9-11-23-75(65)77)51-53-79(81)80-54-52-74(56-82(80)83)85(70-45-37-62(38-46-70)58-17-7-4-8-18-58)72-49-41-64(42-50-72)60-29-33-68(34-30-60)78-26-14-22-66-20-10-12-24-76(66)78/h57-82H,3-56H2,1-2H3. The van der Waals surface area contributed by atoms with Crippen molar-refractivity contribution in [1.82, 2.24) is 9.80 Å². The van der Waals surface area contributed by atoms with Gasteiger partial charge in [0.25, 0.3) is 0 Å². The van der Waals surface area contributed by atoms with Crippen LogP contribution in [0, 0.1) is 124 Å². The summed E-state index contributed by atoms with van der Waals surface area (Å²) in [5, 5.41) is 0. The van der Waals surface area contributed by atoms with E-state index in [2.05, 4.69) is 23.6 Å². The summed E-state index contributed by atoms with van der Waals surface area (Å²) in [5.41, 5.74) is 0.499. The molecule has 15 aliphatic rings. The Balaban J connectivity index is 0.603. The van der Waals surface area contributed by atoms with Crippen LogP contribution in [-0.2, 0) is 0 Å². The molecule has 0 aromatic carbocycles. The summed E-state index contributed by atoms with van der Waals surface area (Å²) < 4.78 is 0. The third-order valence-electron chi connectivity index (χ3n) is 33.8. The lowest BCUT2D eigenvalue weighted by atomic mass is 9.58. The van der Waals surface area contributed by atoms with E-state index in [1.165, 1.54) is 38.5 Å². The molecule has 2 nitrogen and oxygen atoms in total. The predicted octanol–water partition coefficient (Wildman–Crippen LogP) is 23.4. The molecule has 0 aliphatic heterocycles. The molecule has 15 fully saturated rings. The van der Waals surface area contributed by atoms with Crippen molar-refractivity contribution < 1.29 is 0 Å². The van der Waals surface area contributed by atoms with E-state index in [0.29, 0.717) is 5.41 Å². The highest BCUT2D eigenvalue weighted by Crippen LogP contribution is 2.65. The second-order valence-electron chi connectivity index (χ2n) is 37.2. The first-order valence-corrected chi connectivity index (χ1v) is 41.4. The minimum Gasteiger partial charge on any atom is -0.294 e. The Morgan fingerprint density at radius 2 is 0.388 bits per heavy atom. The van der Waals surface area contributed by atoms with E-state index in [0.717, 1.165) is 155 Å². The van der Waals surface area contributed by atoms with E-state index in [4.69, 9.17) is 0 Å². The molecule has 0 amide bonds. The van der Waals surface area contributed by atoms with Crippen LogP contribution in [0.1, 0.15) is 361 Å². The molecule has 0 aromatic rings. The Kier molecular flexibility index (Phi) is 20.0. The molecule has 12 atom stereocenters. The zero-order chi connectivity index (χ0) is 56.8. The summed E-state index contributed by atoms with van der Waals surface area (Å²) in [6.07, 6.45) is 84.9. The Morgan fingerprint density at radius 3 is 0.718 bits per heavy atom. The molecule has 85 heavy (non-hydrogen) atoms. The molecule has 482 valence electrons. The van der Waals surface area contributed by atoms with Crippen molar-refractivity contribution in [2.75, 3.05) is 0 Å². The molecule has 15 rings (SSSR count). The van der Waals surface area contributed by atoms with Crippen LogP contribution < -0.4 is 0 Å². The van der Waals surface area contributed by atoms with Gasteiger partial charge in [-0.05, 0) is 342 Å². The lowest BCUT2D eigenvalue weighted by molar-refractivity contribution is -0.0301. The lowest BCUT2D eigenvalue weighted by Crippen LogP contribution is -2.54. The molecule has 0 heterocycles. The Bertz CT molecular complexity index is 1870. The van der Waals surface area contributed by atoms with Gasteiger partial charge < -0.3 is 0 Å². The maximum Gasteiger partial charge on any atom is 0.0104 e. The highest BCUT2D eigenvalue weighted by atomic mass is 15.2. The van der Waals surface area contributed by atoms with Gasteiger partial charge in [0.15, 0.2) is 0 Å². The van der Waals surface area contributed by atoms with Crippen LogP contribution in [0.25, 0.3) is 0 Å². The number of rotatable bonds is 12. The van der Waals surface area contributed by atoms with Gasteiger partial charge in [-0.15, -0.1) is 0 Å². The highest BCUT2D eigenvalue weighted by molar-refractivity contribution is 5.10. The fourth-order valence-corrected chi connectivity index (χ4v) is 29.6. The van der Waals surface area contributed by atoms with Crippen molar-refractivity contribution in [1.29, 1.82) is 0 Å². The van der Waals surface area contributed by atoms with Crippen LogP contribution in [0.2, 0.25) is 0 Å². The minimum absolute atomic E-state index is 0.499. The van der Waals surface area contributed by atoms with Crippen molar-refractivity contribution >= 4 is 0 Å². The van der Waals surface area contributed by atoms with E-state index in [9.17, 15) is 0 Å². The SMILES string of the molecule is CC1(C)C2CC(N(C3CCC(C4CCCCC4)CC3)C3CCC(C4CCC(C5CCCC6CCCCC65)CC4)CC3)CCC2C2CCC(N(C3CCC(C4CCCCC4)CC3)C3CCC(C4CCC(C5CCCC6CCCCC65)CC4)CC3)CC21. The van der Waals surface area contributed by atoms with Gasteiger partial charge in [0.2, 0.25) is 0 Å². The van der Waals surface area contributed by atoms with E-state index in [1.54, 1.807) is 308 Å². The molecule has 15 saturated carbocycles. The van der Waals surface area contributed by atoms with Gasteiger partial charge in [0.1, 0.15) is 0 Å². The number of nitrogens with zero attached hydrogens (tertiary/aromatic N) is 2. The van der Waals surface area contributed by atoms with Crippen LogP contribution in [0.3, 0.4) is 0 Å². The predicted molar refractivity (Wildman–Crippen MR) is 359 cm³/mol. The fourth-order valence-electron chi connectivity index (χ4n) is 29.6. The van der Waals surface area contributed by atoms with E-state index in [-0.39, 0.29) is 0 Å². The second kappa shape index (κ2) is 27.9. The number of hydrogen-bond acceptors (Lipinski definition) is 2. The minimum atomic E-state index is 0.499. The van der Waals surface area contributed by atoms with Crippen LogP contribution in [0.4, 0.5) is 0 Å². The summed E-state index contributed by atoms with van der Waals surface area (Å²) in [4.78, 5) is 6.95. The zero-order valence-corrected chi connectivity index (χ0v) is 56.6. The summed E-state index contributed by atoms with van der Waals surface area (Å²) >= 11 is 0. The summed E-state index contributed by atoms with van der Waals surface area (Å²) in [7, 11) is 0. The van der Waals surface area contributed by atoms with Gasteiger partial charge in [-0.1, -0.05) is 142 Å². The first-order valence-electron chi connectivity index (χ1n) is 41.4. The van der Waals surface area contributed by atoms with E-state index in [1.807, 2.05) is 0 Å². The molecule has 0 N–H and O–H groups in total. The molecule has 0 radical (unpaired) electrons. The third-order valence-corrected chi connectivity index (χ3v) is 33.8. The third kappa shape index (κ3) is 13.0. The van der Waals surface area contributed by atoms with Crippen LogP contribution in [-0.4, -0.2) is 46.1 Å². The quantitative estimate of drug-likeness (QED) is 0.192. The molecule has 0 saturated heterocycles. The Hall–Kier alpha value is -0.0800. The molecule has 2 heteroatoms. The van der Waals surface area contributed by atoms with E-state index >= 15 is 0 Å².